The van der Waals surface area contributed by atoms with E-state index >= 15 is 0 Å². The summed E-state index contributed by atoms with van der Waals surface area (Å²) >= 11 is 0. The number of aliphatic carboxylic acids is 1. The maximum Gasteiger partial charge on any atom is 0.321 e. The van der Waals surface area contributed by atoms with Crippen molar-refractivity contribution >= 4 is 5.97 Å². The molecule has 0 spiro atoms. The van der Waals surface area contributed by atoms with Crippen molar-refractivity contribution in [1.29, 1.82) is 0 Å². The number of carbonyl (C=O) groups is 1. The Balaban J connectivity index is 1.66. The van der Waals surface area contributed by atoms with Crippen molar-refractivity contribution < 1.29 is 9.90 Å². The van der Waals surface area contributed by atoms with Gasteiger partial charge in [-0.2, -0.15) is 5.10 Å². The highest BCUT2D eigenvalue weighted by atomic mass is 16.4. The lowest BCUT2D eigenvalue weighted by atomic mass is 9.94. The third-order valence-corrected chi connectivity index (χ3v) is 4.41. The largest absolute Gasteiger partial charge is 0.480 e. The van der Waals surface area contributed by atoms with E-state index in [0.717, 1.165) is 26.1 Å². The summed E-state index contributed by atoms with van der Waals surface area (Å²) in [6.07, 6.45) is 7.17. The van der Waals surface area contributed by atoms with Crippen LogP contribution in [0.5, 0.6) is 0 Å². The van der Waals surface area contributed by atoms with Crippen LogP contribution in [0, 0.1) is 11.8 Å². The molecule has 2 aliphatic rings. The van der Waals surface area contributed by atoms with E-state index in [1.807, 2.05) is 16.9 Å². The highest BCUT2D eigenvalue weighted by Crippen LogP contribution is 2.42. The average Bonchev–Trinajstić information content (AvgIpc) is 3.01. The fourth-order valence-corrected chi connectivity index (χ4v) is 3.63. The predicted molar refractivity (Wildman–Crippen MR) is 66.1 cm³/mol. The average molecular weight is 249 g/mol. The lowest BCUT2D eigenvalue weighted by molar-refractivity contribution is -0.143. The normalized spacial score (nSPS) is 31.7. The molecule has 2 heterocycles. The molecule has 1 aliphatic heterocycles. The summed E-state index contributed by atoms with van der Waals surface area (Å²) in [5, 5.41) is 13.6. The lowest BCUT2D eigenvalue weighted by Crippen LogP contribution is -2.41. The van der Waals surface area contributed by atoms with E-state index in [-0.39, 0.29) is 6.04 Å². The van der Waals surface area contributed by atoms with Crippen molar-refractivity contribution in [2.45, 2.75) is 31.8 Å². The molecule has 0 radical (unpaired) electrons. The van der Waals surface area contributed by atoms with Crippen LogP contribution in [0.15, 0.2) is 18.5 Å². The van der Waals surface area contributed by atoms with Crippen LogP contribution in [-0.4, -0.2) is 44.9 Å². The van der Waals surface area contributed by atoms with Crippen LogP contribution >= 0.6 is 0 Å². The number of fused-ring (bicyclic) bond motifs is 1. The zero-order chi connectivity index (χ0) is 12.5. The third-order valence-electron chi connectivity index (χ3n) is 4.41. The molecule has 18 heavy (non-hydrogen) atoms. The van der Waals surface area contributed by atoms with Crippen LogP contribution in [0.2, 0.25) is 0 Å². The Kier molecular flexibility index (Phi) is 3.07. The molecule has 0 aromatic carbocycles. The van der Waals surface area contributed by atoms with Gasteiger partial charge in [0.25, 0.3) is 0 Å². The van der Waals surface area contributed by atoms with Crippen molar-refractivity contribution in [2.24, 2.45) is 11.8 Å². The second-order valence-corrected chi connectivity index (χ2v) is 5.40. The van der Waals surface area contributed by atoms with Crippen LogP contribution in [0.3, 0.4) is 0 Å². The quantitative estimate of drug-likeness (QED) is 0.867. The number of carboxylic acid groups (broad SMARTS) is 1. The van der Waals surface area contributed by atoms with Gasteiger partial charge in [0.2, 0.25) is 0 Å². The molecule has 3 atom stereocenters. The smallest absolute Gasteiger partial charge is 0.321 e. The SMILES string of the molecule is O=C(O)C1C2CCCC2CN1CCn1cccn1. The van der Waals surface area contributed by atoms with Crippen molar-refractivity contribution in [3.05, 3.63) is 18.5 Å². The Morgan fingerprint density at radius 3 is 3.00 bits per heavy atom. The number of rotatable bonds is 4. The molecule has 1 N–H and O–H groups in total. The minimum Gasteiger partial charge on any atom is -0.480 e. The zero-order valence-electron chi connectivity index (χ0n) is 10.4. The summed E-state index contributed by atoms with van der Waals surface area (Å²) in [6.45, 7) is 2.50. The summed E-state index contributed by atoms with van der Waals surface area (Å²) in [6, 6.07) is 1.63. The fourth-order valence-electron chi connectivity index (χ4n) is 3.63. The first-order valence-corrected chi connectivity index (χ1v) is 6.70. The molecule has 0 bridgehead atoms. The molecule has 1 aromatic rings. The van der Waals surface area contributed by atoms with E-state index in [1.165, 1.54) is 12.8 Å². The third kappa shape index (κ3) is 2.03. The number of likely N-dealkylation sites (tertiary alicyclic amines) is 1. The van der Waals surface area contributed by atoms with Crippen molar-refractivity contribution in [3.63, 3.8) is 0 Å². The minimum atomic E-state index is -0.648. The van der Waals surface area contributed by atoms with E-state index < -0.39 is 5.97 Å². The number of hydrogen-bond acceptors (Lipinski definition) is 3. The first-order valence-electron chi connectivity index (χ1n) is 6.70. The van der Waals surface area contributed by atoms with Gasteiger partial charge in [-0.25, -0.2) is 0 Å². The molecule has 5 nitrogen and oxygen atoms in total. The predicted octanol–water partition coefficient (Wildman–Crippen LogP) is 1.07. The van der Waals surface area contributed by atoms with Crippen molar-refractivity contribution in [3.8, 4) is 0 Å². The Bertz CT molecular complexity index is 418. The van der Waals surface area contributed by atoms with Crippen LogP contribution in [0.1, 0.15) is 19.3 Å². The molecule has 1 saturated carbocycles. The Hall–Kier alpha value is -1.36. The summed E-state index contributed by atoms with van der Waals surface area (Å²) in [5.41, 5.74) is 0. The molecule has 5 heteroatoms. The monoisotopic (exact) mass is 249 g/mol. The molecule has 2 fully saturated rings. The van der Waals surface area contributed by atoms with Gasteiger partial charge in [-0.1, -0.05) is 6.42 Å². The highest BCUT2D eigenvalue weighted by molar-refractivity contribution is 5.74. The van der Waals surface area contributed by atoms with E-state index in [9.17, 15) is 9.90 Å². The van der Waals surface area contributed by atoms with Crippen LogP contribution in [0.4, 0.5) is 0 Å². The maximum atomic E-state index is 11.5. The molecular weight excluding hydrogens is 230 g/mol. The first-order chi connectivity index (χ1) is 8.75. The summed E-state index contributed by atoms with van der Waals surface area (Å²) in [4.78, 5) is 13.6. The fraction of sp³-hybridized carbons (Fsp3) is 0.692. The molecular formula is C13H19N3O2. The second-order valence-electron chi connectivity index (χ2n) is 5.40. The van der Waals surface area contributed by atoms with Crippen LogP contribution < -0.4 is 0 Å². The molecule has 3 unspecified atom stereocenters. The van der Waals surface area contributed by atoms with Crippen LogP contribution in [-0.2, 0) is 11.3 Å². The number of hydrogen-bond donors (Lipinski definition) is 1. The molecule has 98 valence electrons. The Morgan fingerprint density at radius 1 is 1.39 bits per heavy atom. The maximum absolute atomic E-state index is 11.5. The molecule has 1 aliphatic carbocycles. The topological polar surface area (TPSA) is 58.4 Å². The number of aromatic nitrogens is 2. The Labute approximate surface area is 106 Å². The summed E-state index contributed by atoms with van der Waals surface area (Å²) in [5.74, 6) is 0.328. The van der Waals surface area contributed by atoms with E-state index in [2.05, 4.69) is 10.00 Å². The highest BCUT2D eigenvalue weighted by Gasteiger charge is 2.47. The van der Waals surface area contributed by atoms with Gasteiger partial charge in [0.15, 0.2) is 0 Å². The summed E-state index contributed by atoms with van der Waals surface area (Å²) in [7, 11) is 0. The van der Waals surface area contributed by atoms with E-state index in [4.69, 9.17) is 0 Å². The number of nitrogens with zero attached hydrogens (tertiary/aromatic N) is 3. The molecule has 3 rings (SSSR count). The van der Waals surface area contributed by atoms with Gasteiger partial charge in [0, 0.05) is 25.5 Å². The second kappa shape index (κ2) is 4.72. The van der Waals surface area contributed by atoms with Gasteiger partial charge in [-0.3, -0.25) is 14.4 Å². The summed E-state index contributed by atoms with van der Waals surface area (Å²) < 4.78 is 1.87. The molecule has 1 saturated heterocycles. The van der Waals surface area contributed by atoms with Gasteiger partial charge < -0.3 is 5.11 Å². The van der Waals surface area contributed by atoms with Crippen molar-refractivity contribution in [1.82, 2.24) is 14.7 Å². The standard InChI is InChI=1S/C13H19N3O2/c17-13(18)12-11-4-1-3-10(11)9-15(12)7-8-16-6-2-5-14-16/h2,5-6,10-12H,1,3-4,7-9H2,(H,17,18). The van der Waals surface area contributed by atoms with E-state index in [1.54, 1.807) is 6.20 Å². The van der Waals surface area contributed by atoms with Gasteiger partial charge in [0.1, 0.15) is 6.04 Å². The van der Waals surface area contributed by atoms with Crippen LogP contribution in [0.25, 0.3) is 0 Å². The van der Waals surface area contributed by atoms with Gasteiger partial charge in [-0.05, 0) is 30.7 Å². The van der Waals surface area contributed by atoms with Gasteiger partial charge >= 0.3 is 5.97 Å². The Morgan fingerprint density at radius 2 is 2.28 bits per heavy atom. The zero-order valence-corrected chi connectivity index (χ0v) is 10.4. The molecule has 0 amide bonds. The molecule has 1 aromatic heterocycles. The minimum absolute atomic E-state index is 0.270. The lowest BCUT2D eigenvalue weighted by Gasteiger charge is -2.23. The first kappa shape index (κ1) is 11.7. The number of carboxylic acids is 1. The van der Waals surface area contributed by atoms with E-state index in [0.29, 0.717) is 11.8 Å². The van der Waals surface area contributed by atoms with Gasteiger partial charge in [0.05, 0.1) is 6.54 Å². The van der Waals surface area contributed by atoms with Crippen molar-refractivity contribution in [2.75, 3.05) is 13.1 Å². The van der Waals surface area contributed by atoms with Gasteiger partial charge in [-0.15, -0.1) is 0 Å².